The maximum atomic E-state index is 9.84. The summed E-state index contributed by atoms with van der Waals surface area (Å²) in [5.74, 6) is 0. The molecule has 0 aromatic rings. The number of piperidine rings is 1. The highest BCUT2D eigenvalue weighted by Gasteiger charge is 2.29. The van der Waals surface area contributed by atoms with Crippen molar-refractivity contribution >= 4 is 0 Å². The number of hydrogen-bond donors (Lipinski definition) is 1. The summed E-state index contributed by atoms with van der Waals surface area (Å²) < 4.78 is 0. The van der Waals surface area contributed by atoms with Crippen molar-refractivity contribution in [2.24, 2.45) is 0 Å². The Labute approximate surface area is 74.6 Å². The van der Waals surface area contributed by atoms with Gasteiger partial charge in [0.05, 0.1) is 6.10 Å². The van der Waals surface area contributed by atoms with Gasteiger partial charge in [0.2, 0.25) is 0 Å². The summed E-state index contributed by atoms with van der Waals surface area (Å²) in [5, 5.41) is 9.84. The normalized spacial score (nSPS) is 38.8. The van der Waals surface area contributed by atoms with Crippen LogP contribution < -0.4 is 0 Å². The molecule has 2 rings (SSSR count). The van der Waals surface area contributed by atoms with Crippen molar-refractivity contribution in [3.63, 3.8) is 0 Å². The van der Waals surface area contributed by atoms with Crippen LogP contribution in [-0.2, 0) is 0 Å². The fraction of sp³-hybridized carbons (Fsp3) is 1.00. The summed E-state index contributed by atoms with van der Waals surface area (Å²) in [7, 11) is 0. The number of fused-ring (bicyclic) bond motifs is 1. The number of aliphatic hydroxyl groups excluding tert-OH is 1. The lowest BCUT2D eigenvalue weighted by atomic mass is 9.97. The molecule has 0 bridgehead atoms. The van der Waals surface area contributed by atoms with Crippen LogP contribution in [0.5, 0.6) is 0 Å². The molecular weight excluding hydrogens is 150 g/mol. The second kappa shape index (κ2) is 3.75. The average molecular weight is 169 g/mol. The summed E-state index contributed by atoms with van der Waals surface area (Å²) in [4.78, 5) is 2.50. The van der Waals surface area contributed by atoms with E-state index in [1.807, 2.05) is 0 Å². The van der Waals surface area contributed by atoms with E-state index in [2.05, 4.69) is 4.90 Å². The highest BCUT2D eigenvalue weighted by Crippen LogP contribution is 2.25. The molecule has 1 N–H and O–H groups in total. The van der Waals surface area contributed by atoms with Crippen LogP contribution in [-0.4, -0.2) is 35.2 Å². The molecule has 0 spiro atoms. The molecule has 2 saturated heterocycles. The Bertz CT molecular complexity index is 149. The molecule has 0 saturated carbocycles. The third kappa shape index (κ3) is 1.64. The molecule has 2 unspecified atom stereocenters. The standard InChI is InChI=1S/C10H19NO/c12-10-6-2-4-8-11-7-3-1-5-9(10)11/h9-10,12H,1-8H2. The van der Waals surface area contributed by atoms with E-state index in [1.165, 1.54) is 45.2 Å². The number of hydrogen-bond acceptors (Lipinski definition) is 2. The molecular formula is C10H19NO. The number of nitrogens with zero attached hydrogens (tertiary/aromatic N) is 1. The minimum Gasteiger partial charge on any atom is -0.391 e. The van der Waals surface area contributed by atoms with Crippen LogP contribution >= 0.6 is 0 Å². The fourth-order valence-electron chi connectivity index (χ4n) is 2.59. The van der Waals surface area contributed by atoms with Gasteiger partial charge in [-0.15, -0.1) is 0 Å². The topological polar surface area (TPSA) is 23.5 Å². The maximum Gasteiger partial charge on any atom is 0.0695 e. The van der Waals surface area contributed by atoms with E-state index in [9.17, 15) is 5.11 Å². The third-order valence-electron chi connectivity index (χ3n) is 3.30. The highest BCUT2D eigenvalue weighted by molar-refractivity contribution is 4.85. The van der Waals surface area contributed by atoms with Crippen LogP contribution in [0.2, 0.25) is 0 Å². The lowest BCUT2D eigenvalue weighted by Gasteiger charge is -2.36. The molecule has 0 amide bonds. The summed E-state index contributed by atoms with van der Waals surface area (Å²) >= 11 is 0. The van der Waals surface area contributed by atoms with E-state index >= 15 is 0 Å². The van der Waals surface area contributed by atoms with E-state index in [0.717, 1.165) is 6.42 Å². The molecule has 12 heavy (non-hydrogen) atoms. The zero-order valence-corrected chi connectivity index (χ0v) is 7.71. The van der Waals surface area contributed by atoms with Crippen molar-refractivity contribution in [2.45, 2.75) is 50.7 Å². The van der Waals surface area contributed by atoms with Gasteiger partial charge in [0, 0.05) is 6.04 Å². The van der Waals surface area contributed by atoms with Gasteiger partial charge in [0.1, 0.15) is 0 Å². The second-order valence-corrected chi connectivity index (χ2v) is 4.16. The van der Waals surface area contributed by atoms with Gasteiger partial charge < -0.3 is 5.11 Å². The van der Waals surface area contributed by atoms with Crippen molar-refractivity contribution in [2.75, 3.05) is 13.1 Å². The van der Waals surface area contributed by atoms with Crippen molar-refractivity contribution in [3.05, 3.63) is 0 Å². The van der Waals surface area contributed by atoms with Gasteiger partial charge in [-0.3, -0.25) is 4.90 Å². The van der Waals surface area contributed by atoms with Crippen LogP contribution in [0.25, 0.3) is 0 Å². The average Bonchev–Trinajstić information content (AvgIpc) is 2.29. The van der Waals surface area contributed by atoms with Gasteiger partial charge in [-0.1, -0.05) is 6.42 Å². The van der Waals surface area contributed by atoms with Crippen molar-refractivity contribution in [1.82, 2.24) is 4.90 Å². The molecule has 2 aliphatic rings. The molecule has 2 heteroatoms. The first-order valence-electron chi connectivity index (χ1n) is 5.30. The first-order valence-corrected chi connectivity index (χ1v) is 5.30. The molecule has 0 aromatic carbocycles. The Kier molecular flexibility index (Phi) is 2.66. The first kappa shape index (κ1) is 8.52. The zero-order chi connectivity index (χ0) is 8.39. The summed E-state index contributed by atoms with van der Waals surface area (Å²) in [6, 6.07) is 0.501. The fourth-order valence-corrected chi connectivity index (χ4v) is 2.59. The quantitative estimate of drug-likeness (QED) is 0.592. The molecule has 70 valence electrons. The molecule has 2 atom stereocenters. The van der Waals surface area contributed by atoms with Crippen molar-refractivity contribution in [1.29, 1.82) is 0 Å². The lowest BCUT2D eigenvalue weighted by molar-refractivity contribution is 0.0354. The Balaban J connectivity index is 2.01. The van der Waals surface area contributed by atoms with Crippen LogP contribution in [0, 0.1) is 0 Å². The Morgan fingerprint density at radius 1 is 0.917 bits per heavy atom. The molecule has 2 aliphatic heterocycles. The minimum atomic E-state index is -0.0344. The Morgan fingerprint density at radius 2 is 1.58 bits per heavy atom. The Hall–Kier alpha value is -0.0800. The monoisotopic (exact) mass is 169 g/mol. The second-order valence-electron chi connectivity index (χ2n) is 4.16. The minimum absolute atomic E-state index is 0.0344. The zero-order valence-electron chi connectivity index (χ0n) is 7.71. The molecule has 2 fully saturated rings. The van der Waals surface area contributed by atoms with Gasteiger partial charge in [-0.2, -0.15) is 0 Å². The molecule has 2 nitrogen and oxygen atoms in total. The molecule has 2 heterocycles. The van der Waals surface area contributed by atoms with E-state index < -0.39 is 0 Å². The van der Waals surface area contributed by atoms with Gasteiger partial charge in [-0.05, 0) is 45.2 Å². The van der Waals surface area contributed by atoms with Crippen LogP contribution in [0.3, 0.4) is 0 Å². The molecule has 0 aromatic heterocycles. The van der Waals surface area contributed by atoms with E-state index in [4.69, 9.17) is 0 Å². The van der Waals surface area contributed by atoms with Crippen LogP contribution in [0.1, 0.15) is 38.5 Å². The van der Waals surface area contributed by atoms with Gasteiger partial charge in [0.15, 0.2) is 0 Å². The summed E-state index contributed by atoms with van der Waals surface area (Å²) in [6.07, 6.45) is 7.37. The number of aliphatic hydroxyl groups is 1. The van der Waals surface area contributed by atoms with Crippen molar-refractivity contribution in [3.8, 4) is 0 Å². The van der Waals surface area contributed by atoms with Gasteiger partial charge in [-0.25, -0.2) is 0 Å². The van der Waals surface area contributed by atoms with Gasteiger partial charge >= 0.3 is 0 Å². The maximum absolute atomic E-state index is 9.84. The van der Waals surface area contributed by atoms with Crippen LogP contribution in [0.15, 0.2) is 0 Å². The smallest absolute Gasteiger partial charge is 0.0695 e. The molecule has 0 aliphatic carbocycles. The van der Waals surface area contributed by atoms with E-state index in [-0.39, 0.29) is 6.10 Å². The highest BCUT2D eigenvalue weighted by atomic mass is 16.3. The molecule has 0 radical (unpaired) electrons. The van der Waals surface area contributed by atoms with Crippen molar-refractivity contribution < 1.29 is 5.11 Å². The van der Waals surface area contributed by atoms with Crippen LogP contribution in [0.4, 0.5) is 0 Å². The predicted octanol–water partition coefficient (Wildman–Crippen LogP) is 1.39. The van der Waals surface area contributed by atoms with Gasteiger partial charge in [0.25, 0.3) is 0 Å². The summed E-state index contributed by atoms with van der Waals surface area (Å²) in [5.41, 5.74) is 0. The third-order valence-corrected chi connectivity index (χ3v) is 3.30. The Morgan fingerprint density at radius 3 is 2.33 bits per heavy atom. The predicted molar refractivity (Wildman–Crippen MR) is 49.1 cm³/mol. The largest absolute Gasteiger partial charge is 0.391 e. The first-order chi connectivity index (χ1) is 5.88. The van der Waals surface area contributed by atoms with E-state index in [1.54, 1.807) is 0 Å². The van der Waals surface area contributed by atoms with E-state index in [0.29, 0.717) is 6.04 Å². The summed E-state index contributed by atoms with van der Waals surface area (Å²) in [6.45, 7) is 2.45. The SMILES string of the molecule is OC1CCCCN2CCCCC12. The lowest BCUT2D eigenvalue weighted by Crippen LogP contribution is -2.45. The number of rotatable bonds is 0.